The van der Waals surface area contributed by atoms with Crippen molar-refractivity contribution in [2.75, 3.05) is 63.7 Å². The van der Waals surface area contributed by atoms with Crippen LogP contribution in [-0.2, 0) is 11.3 Å². The first kappa shape index (κ1) is 23.4. The molecule has 0 unspecified atom stereocenters. The second-order valence-electron chi connectivity index (χ2n) is 9.16. The van der Waals surface area contributed by atoms with E-state index < -0.39 is 0 Å². The molecule has 5 rings (SSSR count). The Morgan fingerprint density at radius 3 is 2.68 bits per heavy atom. The Kier molecular flexibility index (Phi) is 7.21. The van der Waals surface area contributed by atoms with Crippen LogP contribution < -0.4 is 21.3 Å². The number of nitrogens with zero attached hydrogens (tertiary/aromatic N) is 5. The molecular formula is C24H34N8OS. The Morgan fingerprint density at radius 1 is 1.15 bits per heavy atom. The number of piperidine rings is 1. The number of anilines is 2. The molecule has 3 aromatic heterocycles. The van der Waals surface area contributed by atoms with E-state index in [1.807, 2.05) is 6.07 Å². The van der Waals surface area contributed by atoms with Crippen LogP contribution in [0.2, 0.25) is 0 Å². The van der Waals surface area contributed by atoms with Crippen molar-refractivity contribution in [1.29, 1.82) is 0 Å². The molecule has 182 valence electrons. The van der Waals surface area contributed by atoms with Crippen LogP contribution >= 0.6 is 11.3 Å². The molecule has 0 atom stereocenters. The zero-order chi connectivity index (χ0) is 23.5. The third kappa shape index (κ3) is 5.16. The van der Waals surface area contributed by atoms with E-state index in [1.165, 1.54) is 36.4 Å². The van der Waals surface area contributed by atoms with Gasteiger partial charge in [0.25, 0.3) is 0 Å². The maximum Gasteiger partial charge on any atom is 0.163 e. The first-order valence-electron chi connectivity index (χ1n) is 12.1. The number of likely N-dealkylation sites (tertiary alicyclic amines) is 1. The number of nitrogen functional groups attached to an aromatic ring is 1. The molecule has 5 heterocycles. The number of pyridine rings is 1. The summed E-state index contributed by atoms with van der Waals surface area (Å²) in [5, 5.41) is 7.26. The molecule has 2 aliphatic heterocycles. The predicted molar refractivity (Wildman–Crippen MR) is 138 cm³/mol. The van der Waals surface area contributed by atoms with Gasteiger partial charge in [0, 0.05) is 49.0 Å². The van der Waals surface area contributed by atoms with Crippen molar-refractivity contribution >= 4 is 33.2 Å². The van der Waals surface area contributed by atoms with Gasteiger partial charge in [-0.15, -0.1) is 11.3 Å². The molecule has 10 heteroatoms. The smallest absolute Gasteiger partial charge is 0.163 e. The monoisotopic (exact) mass is 482 g/mol. The maximum absolute atomic E-state index is 5.79. The predicted octanol–water partition coefficient (Wildman–Crippen LogP) is 2.21. The first-order chi connectivity index (χ1) is 16.6. The average molecular weight is 483 g/mol. The molecule has 0 aromatic carbocycles. The van der Waals surface area contributed by atoms with E-state index in [1.54, 1.807) is 23.6 Å². The van der Waals surface area contributed by atoms with Crippen LogP contribution in [0.3, 0.4) is 0 Å². The number of thiophene rings is 1. The van der Waals surface area contributed by atoms with Crippen LogP contribution in [0.4, 0.5) is 11.6 Å². The number of fused-ring (bicyclic) bond motifs is 1. The fraction of sp³-hybridized carbons (Fsp3) is 0.542. The topological polar surface area (TPSA) is 104 Å². The number of hydrogen-bond acceptors (Lipinski definition) is 10. The molecule has 9 nitrogen and oxygen atoms in total. The summed E-state index contributed by atoms with van der Waals surface area (Å²) >= 11 is 1.80. The quantitative estimate of drug-likeness (QED) is 0.345. The Balaban J connectivity index is 1.38. The van der Waals surface area contributed by atoms with Crippen molar-refractivity contribution < 1.29 is 4.74 Å². The molecule has 0 spiro atoms. The van der Waals surface area contributed by atoms with E-state index in [4.69, 9.17) is 20.4 Å². The number of nitrogens with one attached hydrogen (secondary N) is 2. The molecule has 4 N–H and O–H groups in total. The highest BCUT2D eigenvalue weighted by atomic mass is 32.1. The molecule has 34 heavy (non-hydrogen) atoms. The van der Waals surface area contributed by atoms with E-state index in [0.717, 1.165) is 47.9 Å². The average Bonchev–Trinajstić information content (AvgIpc) is 3.19. The summed E-state index contributed by atoms with van der Waals surface area (Å²) in [5.74, 6) is 2.17. The Labute approximate surface area is 204 Å². The second-order valence-corrected chi connectivity index (χ2v) is 10.3. The van der Waals surface area contributed by atoms with Crippen LogP contribution in [0.25, 0.3) is 21.6 Å². The van der Waals surface area contributed by atoms with Gasteiger partial charge in [0.2, 0.25) is 0 Å². The maximum atomic E-state index is 5.79. The van der Waals surface area contributed by atoms with Crippen molar-refractivity contribution in [3.63, 3.8) is 0 Å². The fourth-order valence-corrected chi connectivity index (χ4v) is 5.78. The van der Waals surface area contributed by atoms with Gasteiger partial charge in [-0.3, -0.25) is 5.32 Å². The summed E-state index contributed by atoms with van der Waals surface area (Å²) in [6, 6.07) is 4.33. The molecule has 0 amide bonds. The number of nitrogens with two attached hydrogens (primary N) is 1. The zero-order valence-corrected chi connectivity index (χ0v) is 20.8. The van der Waals surface area contributed by atoms with Gasteiger partial charge in [0.1, 0.15) is 5.82 Å². The lowest BCUT2D eigenvalue weighted by atomic mass is 10.1. The van der Waals surface area contributed by atoms with E-state index in [0.29, 0.717) is 30.9 Å². The molecular weight excluding hydrogens is 448 g/mol. The van der Waals surface area contributed by atoms with Crippen LogP contribution in [0.1, 0.15) is 23.3 Å². The molecule has 2 fully saturated rings. The number of aromatic nitrogens is 3. The van der Waals surface area contributed by atoms with Crippen LogP contribution in [0.15, 0.2) is 18.3 Å². The van der Waals surface area contributed by atoms with Crippen LogP contribution in [0, 0.1) is 6.92 Å². The summed E-state index contributed by atoms with van der Waals surface area (Å²) in [6.07, 6.45) is 4.17. The summed E-state index contributed by atoms with van der Waals surface area (Å²) in [7, 11) is 2.20. The van der Waals surface area contributed by atoms with Crippen molar-refractivity contribution in [1.82, 2.24) is 30.5 Å². The lowest BCUT2D eigenvalue weighted by Gasteiger charge is -2.29. The lowest BCUT2D eigenvalue weighted by Crippen LogP contribution is -2.43. The minimum atomic E-state index is 0.493. The van der Waals surface area contributed by atoms with Gasteiger partial charge in [0.05, 0.1) is 23.4 Å². The number of rotatable bonds is 7. The normalized spacial score (nSPS) is 18.1. The number of morpholine rings is 1. The molecule has 2 aliphatic rings. The van der Waals surface area contributed by atoms with Gasteiger partial charge < -0.3 is 25.6 Å². The lowest BCUT2D eigenvalue weighted by molar-refractivity contribution is 0.122. The van der Waals surface area contributed by atoms with Gasteiger partial charge in [-0.25, -0.2) is 15.0 Å². The van der Waals surface area contributed by atoms with E-state index in [2.05, 4.69) is 39.4 Å². The zero-order valence-electron chi connectivity index (χ0n) is 20.0. The highest BCUT2D eigenvalue weighted by Crippen LogP contribution is 2.37. The minimum absolute atomic E-state index is 0.493. The Hall–Kier alpha value is -2.37. The van der Waals surface area contributed by atoms with E-state index in [-0.39, 0.29) is 0 Å². The molecule has 0 saturated carbocycles. The summed E-state index contributed by atoms with van der Waals surface area (Å²) in [5.41, 5.74) is 8.91. The van der Waals surface area contributed by atoms with Gasteiger partial charge >= 0.3 is 0 Å². The third-order valence-electron chi connectivity index (χ3n) is 6.72. The van der Waals surface area contributed by atoms with Crippen molar-refractivity contribution in [2.45, 2.75) is 32.4 Å². The summed E-state index contributed by atoms with van der Waals surface area (Å²) in [4.78, 5) is 20.2. The van der Waals surface area contributed by atoms with Crippen molar-refractivity contribution in [3.8, 4) is 11.4 Å². The second kappa shape index (κ2) is 10.5. The first-order valence-corrected chi connectivity index (χ1v) is 12.9. The molecule has 0 bridgehead atoms. The Bertz CT molecular complexity index is 1100. The van der Waals surface area contributed by atoms with Crippen LogP contribution in [-0.4, -0.2) is 79.0 Å². The van der Waals surface area contributed by atoms with Crippen molar-refractivity contribution in [3.05, 3.63) is 28.8 Å². The van der Waals surface area contributed by atoms with Gasteiger partial charge in [0.15, 0.2) is 11.6 Å². The highest BCUT2D eigenvalue weighted by Gasteiger charge is 2.22. The fourth-order valence-electron chi connectivity index (χ4n) is 4.55. The van der Waals surface area contributed by atoms with E-state index >= 15 is 0 Å². The highest BCUT2D eigenvalue weighted by molar-refractivity contribution is 7.19. The molecule has 2 saturated heterocycles. The van der Waals surface area contributed by atoms with Gasteiger partial charge in [-0.2, -0.15) is 0 Å². The van der Waals surface area contributed by atoms with Gasteiger partial charge in [-0.1, -0.05) is 0 Å². The van der Waals surface area contributed by atoms with Gasteiger partial charge in [-0.05, 0) is 57.6 Å². The SMILES string of the molecule is Cc1c(CNCNC2CCN(C)CC2)sc2c(N3CCOCC3)nc(-c3ccc(N)nc3)nc12. The standard InChI is InChI=1S/C24H34N8OS/c1-16-19(14-26-15-28-18-5-7-31(2)8-6-18)34-22-21(16)29-23(17-3-4-20(25)27-13-17)30-24(22)32-9-11-33-12-10-32/h3-4,13,18,26,28H,5-12,14-15H2,1-2H3,(H2,25,27). The molecule has 0 aliphatic carbocycles. The van der Waals surface area contributed by atoms with E-state index in [9.17, 15) is 0 Å². The largest absolute Gasteiger partial charge is 0.384 e. The number of aryl methyl sites for hydroxylation is 1. The van der Waals surface area contributed by atoms with Crippen molar-refractivity contribution in [2.24, 2.45) is 0 Å². The number of hydrogen-bond donors (Lipinski definition) is 3. The summed E-state index contributed by atoms with van der Waals surface area (Å²) in [6.45, 7) is 9.22. The number of ether oxygens (including phenoxy) is 1. The third-order valence-corrected chi connectivity index (χ3v) is 8.00. The molecule has 3 aromatic rings. The Morgan fingerprint density at radius 2 is 1.94 bits per heavy atom. The minimum Gasteiger partial charge on any atom is -0.384 e. The van der Waals surface area contributed by atoms with Crippen LogP contribution in [0.5, 0.6) is 0 Å². The molecule has 0 radical (unpaired) electrons. The summed E-state index contributed by atoms with van der Waals surface area (Å²) < 4.78 is 6.73.